The lowest BCUT2D eigenvalue weighted by molar-refractivity contribution is -0.131. The lowest BCUT2D eigenvalue weighted by Gasteiger charge is -1.96. The highest BCUT2D eigenvalue weighted by molar-refractivity contribution is 7.13. The molecular formula is C13H11NO2S. The smallest absolute Gasteiger partial charge is 0.328 e. The first-order valence-corrected chi connectivity index (χ1v) is 5.97. The third kappa shape index (κ3) is 3.01. The van der Waals surface area contributed by atoms with Crippen LogP contribution in [0.25, 0.3) is 16.6 Å². The van der Waals surface area contributed by atoms with E-state index in [9.17, 15) is 4.79 Å². The first-order chi connectivity index (χ1) is 8.15. The highest BCUT2D eigenvalue weighted by Crippen LogP contribution is 2.24. The van der Waals surface area contributed by atoms with Gasteiger partial charge in [-0.15, -0.1) is 11.3 Å². The molecule has 0 bridgehead atoms. The van der Waals surface area contributed by atoms with Crippen LogP contribution in [-0.2, 0) is 4.79 Å². The maximum absolute atomic E-state index is 10.4. The van der Waals surface area contributed by atoms with E-state index in [-0.39, 0.29) is 0 Å². The van der Waals surface area contributed by atoms with Crippen molar-refractivity contribution in [3.05, 3.63) is 47.0 Å². The Kier molecular flexibility index (Phi) is 3.35. The van der Waals surface area contributed by atoms with E-state index in [0.717, 1.165) is 16.6 Å². The number of hydrogen-bond acceptors (Lipinski definition) is 3. The first-order valence-electron chi connectivity index (χ1n) is 5.09. The molecule has 1 N–H and O–H groups in total. The molecule has 0 spiro atoms. The van der Waals surface area contributed by atoms with Crippen LogP contribution in [0.5, 0.6) is 0 Å². The van der Waals surface area contributed by atoms with E-state index in [4.69, 9.17) is 5.11 Å². The monoisotopic (exact) mass is 245 g/mol. The summed E-state index contributed by atoms with van der Waals surface area (Å²) in [5.41, 5.74) is 2.92. The second-order valence-electron chi connectivity index (χ2n) is 3.62. The Morgan fingerprint density at radius 3 is 3.00 bits per heavy atom. The van der Waals surface area contributed by atoms with Crippen LogP contribution in [0.4, 0.5) is 0 Å². The van der Waals surface area contributed by atoms with Crippen molar-refractivity contribution >= 4 is 23.4 Å². The average Bonchev–Trinajstić information content (AvgIpc) is 2.75. The molecule has 0 saturated heterocycles. The molecular weight excluding hydrogens is 234 g/mol. The van der Waals surface area contributed by atoms with Crippen molar-refractivity contribution in [1.82, 2.24) is 4.98 Å². The number of carbonyl (C=O) groups is 1. The van der Waals surface area contributed by atoms with Gasteiger partial charge in [-0.25, -0.2) is 9.78 Å². The van der Waals surface area contributed by atoms with Crippen molar-refractivity contribution in [1.29, 1.82) is 0 Å². The van der Waals surface area contributed by atoms with Crippen LogP contribution in [0.3, 0.4) is 0 Å². The first kappa shape index (κ1) is 11.5. The minimum Gasteiger partial charge on any atom is -0.478 e. The number of thiazole rings is 1. The fourth-order valence-electron chi connectivity index (χ4n) is 1.43. The molecule has 0 radical (unpaired) electrons. The summed E-state index contributed by atoms with van der Waals surface area (Å²) in [6, 6.07) is 8.07. The molecule has 2 aromatic rings. The van der Waals surface area contributed by atoms with Crippen molar-refractivity contribution in [2.24, 2.45) is 0 Å². The highest BCUT2D eigenvalue weighted by Gasteiger charge is 2.03. The van der Waals surface area contributed by atoms with Crippen LogP contribution < -0.4 is 0 Å². The molecule has 4 heteroatoms. The molecule has 0 unspecified atom stereocenters. The Labute approximate surface area is 103 Å². The van der Waals surface area contributed by atoms with Gasteiger partial charge in [0.15, 0.2) is 0 Å². The second kappa shape index (κ2) is 4.93. The number of aromatic nitrogens is 1. The summed E-state index contributed by atoms with van der Waals surface area (Å²) in [6.07, 6.45) is 2.59. The SMILES string of the molecule is Cc1cccc(-c2nc(C=CC(=O)O)cs2)c1. The van der Waals surface area contributed by atoms with E-state index < -0.39 is 5.97 Å². The molecule has 0 saturated carbocycles. The topological polar surface area (TPSA) is 50.2 Å². The quantitative estimate of drug-likeness (QED) is 0.845. The van der Waals surface area contributed by atoms with E-state index in [1.54, 1.807) is 0 Å². The zero-order valence-electron chi connectivity index (χ0n) is 9.25. The largest absolute Gasteiger partial charge is 0.478 e. The Morgan fingerprint density at radius 2 is 2.29 bits per heavy atom. The van der Waals surface area contributed by atoms with E-state index in [0.29, 0.717) is 5.69 Å². The maximum Gasteiger partial charge on any atom is 0.328 e. The summed E-state index contributed by atoms with van der Waals surface area (Å²) < 4.78 is 0. The summed E-state index contributed by atoms with van der Waals surface area (Å²) >= 11 is 1.51. The van der Waals surface area contributed by atoms with Gasteiger partial charge in [-0.2, -0.15) is 0 Å². The molecule has 0 atom stereocenters. The molecule has 1 heterocycles. The molecule has 0 aliphatic carbocycles. The van der Waals surface area contributed by atoms with Gasteiger partial charge in [0.25, 0.3) is 0 Å². The van der Waals surface area contributed by atoms with Gasteiger partial charge in [-0.1, -0.05) is 23.8 Å². The minimum absolute atomic E-state index is 0.675. The highest BCUT2D eigenvalue weighted by atomic mass is 32.1. The van der Waals surface area contributed by atoms with Crippen LogP contribution in [0.1, 0.15) is 11.3 Å². The van der Waals surface area contributed by atoms with Crippen molar-refractivity contribution < 1.29 is 9.90 Å². The zero-order chi connectivity index (χ0) is 12.3. The Bertz CT molecular complexity index is 572. The fraction of sp³-hybridized carbons (Fsp3) is 0.0769. The van der Waals surface area contributed by atoms with Crippen LogP contribution >= 0.6 is 11.3 Å². The molecule has 1 aromatic carbocycles. The lowest BCUT2D eigenvalue weighted by atomic mass is 10.1. The number of aliphatic carboxylic acids is 1. The van der Waals surface area contributed by atoms with Crippen LogP contribution in [0.15, 0.2) is 35.7 Å². The summed E-state index contributed by atoms with van der Waals surface area (Å²) in [7, 11) is 0. The Hall–Kier alpha value is -1.94. The molecule has 0 aliphatic rings. The van der Waals surface area contributed by atoms with Crippen molar-refractivity contribution in [3.63, 3.8) is 0 Å². The predicted molar refractivity (Wildman–Crippen MR) is 69.0 cm³/mol. The van der Waals surface area contributed by atoms with Gasteiger partial charge in [-0.05, 0) is 19.1 Å². The number of rotatable bonds is 3. The van der Waals surface area contributed by atoms with Gasteiger partial charge in [0.2, 0.25) is 0 Å². The second-order valence-corrected chi connectivity index (χ2v) is 4.48. The molecule has 0 aliphatic heterocycles. The summed E-state index contributed by atoms with van der Waals surface area (Å²) in [6.45, 7) is 2.03. The molecule has 0 amide bonds. The van der Waals surface area contributed by atoms with Crippen LogP contribution in [-0.4, -0.2) is 16.1 Å². The minimum atomic E-state index is -0.963. The van der Waals surface area contributed by atoms with Gasteiger partial charge >= 0.3 is 5.97 Å². The van der Waals surface area contributed by atoms with Crippen molar-refractivity contribution in [3.8, 4) is 10.6 Å². The van der Waals surface area contributed by atoms with Gasteiger partial charge in [0.1, 0.15) is 5.01 Å². The number of hydrogen-bond donors (Lipinski definition) is 1. The number of benzene rings is 1. The van der Waals surface area contributed by atoms with Gasteiger partial charge in [0, 0.05) is 17.0 Å². The van der Waals surface area contributed by atoms with Gasteiger partial charge in [-0.3, -0.25) is 0 Å². The molecule has 1 aromatic heterocycles. The molecule has 0 fully saturated rings. The fourth-order valence-corrected chi connectivity index (χ4v) is 2.21. The van der Waals surface area contributed by atoms with Crippen molar-refractivity contribution in [2.75, 3.05) is 0 Å². The van der Waals surface area contributed by atoms with Gasteiger partial charge in [0.05, 0.1) is 5.69 Å². The van der Waals surface area contributed by atoms with Crippen molar-refractivity contribution in [2.45, 2.75) is 6.92 Å². The number of nitrogens with zero attached hydrogens (tertiary/aromatic N) is 1. The Morgan fingerprint density at radius 1 is 1.47 bits per heavy atom. The summed E-state index contributed by atoms with van der Waals surface area (Å²) in [4.78, 5) is 14.7. The lowest BCUT2D eigenvalue weighted by Crippen LogP contribution is -1.85. The third-order valence-corrected chi connectivity index (χ3v) is 3.09. The standard InChI is InChI=1S/C13H11NO2S/c1-9-3-2-4-10(7-9)13-14-11(8-17-13)5-6-12(15)16/h2-8H,1H3,(H,15,16). The number of aryl methyl sites for hydroxylation is 1. The zero-order valence-corrected chi connectivity index (χ0v) is 10.1. The van der Waals surface area contributed by atoms with Crippen LogP contribution in [0, 0.1) is 6.92 Å². The maximum atomic E-state index is 10.4. The normalized spacial score (nSPS) is 10.9. The van der Waals surface area contributed by atoms with E-state index in [2.05, 4.69) is 11.1 Å². The summed E-state index contributed by atoms with van der Waals surface area (Å²) in [5, 5.41) is 11.3. The number of carboxylic acids is 1. The van der Waals surface area contributed by atoms with Crippen LogP contribution in [0.2, 0.25) is 0 Å². The third-order valence-electron chi connectivity index (χ3n) is 2.18. The van der Waals surface area contributed by atoms with E-state index >= 15 is 0 Å². The molecule has 86 valence electrons. The van der Waals surface area contributed by atoms with E-state index in [1.807, 2.05) is 30.5 Å². The molecule has 3 nitrogen and oxygen atoms in total. The number of carboxylic acid groups (broad SMARTS) is 1. The average molecular weight is 245 g/mol. The Balaban J connectivity index is 2.27. The van der Waals surface area contributed by atoms with Gasteiger partial charge < -0.3 is 5.11 Å². The predicted octanol–water partition coefficient (Wildman–Crippen LogP) is 3.22. The molecule has 2 rings (SSSR count). The molecule has 17 heavy (non-hydrogen) atoms. The van der Waals surface area contributed by atoms with E-state index in [1.165, 1.54) is 23.0 Å². The summed E-state index contributed by atoms with van der Waals surface area (Å²) in [5.74, 6) is -0.963.